The van der Waals surface area contributed by atoms with Crippen LogP contribution in [0.25, 0.3) is 0 Å². The van der Waals surface area contributed by atoms with Crippen molar-refractivity contribution in [2.45, 2.75) is 0 Å². The minimum atomic E-state index is -0.413. The van der Waals surface area contributed by atoms with Crippen LogP contribution in [-0.2, 0) is 0 Å². The summed E-state index contributed by atoms with van der Waals surface area (Å²) in [6, 6.07) is 25.9. The molecule has 0 radical (unpaired) electrons. The Balaban J connectivity index is 1.95. The van der Waals surface area contributed by atoms with E-state index in [4.69, 9.17) is 0 Å². The van der Waals surface area contributed by atoms with Crippen LogP contribution in [0.2, 0.25) is 0 Å². The third-order valence-corrected chi connectivity index (χ3v) is 3.40. The van der Waals surface area contributed by atoms with E-state index < -0.39 is 4.92 Å². The van der Waals surface area contributed by atoms with Crippen molar-refractivity contribution in [1.82, 2.24) is 0 Å². The maximum Gasteiger partial charge on any atom is 0.270 e. The number of non-ortho nitro benzene ring substituents is 1. The van der Waals surface area contributed by atoms with Gasteiger partial charge in [-0.1, -0.05) is 48.5 Å². The molecule has 24 heavy (non-hydrogen) atoms. The highest BCUT2D eigenvalue weighted by atomic mass is 16.6. The molecule has 0 unspecified atom stereocenters. The van der Waals surface area contributed by atoms with Crippen LogP contribution in [0.1, 0.15) is 5.56 Å². The van der Waals surface area contributed by atoms with Gasteiger partial charge in [0.15, 0.2) is 0 Å². The number of hydrogen-bond acceptors (Lipinski definition) is 4. The predicted octanol–water partition coefficient (Wildman–Crippen LogP) is 4.77. The smallest absolute Gasteiger partial charge is 0.258 e. The number of hydrogen-bond donors (Lipinski definition) is 0. The summed E-state index contributed by atoms with van der Waals surface area (Å²) in [5.41, 5.74) is 2.53. The molecule has 3 rings (SSSR count). The number of nitro benzene ring substituents is 1. The minimum absolute atomic E-state index is 0.0462. The van der Waals surface area contributed by atoms with Crippen molar-refractivity contribution in [3.05, 3.63) is 101 Å². The molecule has 0 aliphatic rings. The summed E-state index contributed by atoms with van der Waals surface area (Å²) in [4.78, 5) is 10.5. The van der Waals surface area contributed by atoms with Crippen molar-refractivity contribution in [2.24, 2.45) is 5.10 Å². The van der Waals surface area contributed by atoms with Crippen molar-refractivity contribution in [2.75, 3.05) is 5.01 Å². The Morgan fingerprint density at radius 3 is 1.96 bits per heavy atom. The molecule has 118 valence electrons. The number of nitrogens with zero attached hydrogens (tertiary/aromatic N) is 3. The van der Waals surface area contributed by atoms with Crippen molar-refractivity contribution in [3.8, 4) is 0 Å². The highest BCUT2D eigenvalue weighted by Gasteiger charge is 2.08. The summed E-state index contributed by atoms with van der Waals surface area (Å²) < 4.78 is 0. The highest BCUT2D eigenvalue weighted by Crippen LogP contribution is 2.25. The van der Waals surface area contributed by atoms with Gasteiger partial charge < -0.3 is 0 Å². The van der Waals surface area contributed by atoms with Gasteiger partial charge in [0, 0.05) is 17.7 Å². The lowest BCUT2D eigenvalue weighted by Gasteiger charge is -2.19. The highest BCUT2D eigenvalue weighted by molar-refractivity contribution is 5.82. The van der Waals surface area contributed by atoms with Gasteiger partial charge in [0.2, 0.25) is 0 Å². The van der Waals surface area contributed by atoms with Gasteiger partial charge in [-0.05, 0) is 24.3 Å². The molecule has 0 bridgehead atoms. The second-order valence-electron chi connectivity index (χ2n) is 5.08. The third-order valence-electron chi connectivity index (χ3n) is 3.40. The van der Waals surface area contributed by atoms with Gasteiger partial charge in [-0.15, -0.1) is 0 Å². The van der Waals surface area contributed by atoms with E-state index in [2.05, 4.69) is 5.10 Å². The topological polar surface area (TPSA) is 58.7 Å². The fraction of sp³-hybridized carbons (Fsp3) is 0. The van der Waals surface area contributed by atoms with Gasteiger partial charge in [-0.2, -0.15) is 5.10 Å². The Labute approximate surface area is 139 Å². The first-order valence-electron chi connectivity index (χ1n) is 7.43. The van der Waals surface area contributed by atoms with Crippen LogP contribution in [0.4, 0.5) is 17.1 Å². The number of rotatable bonds is 5. The molecule has 0 heterocycles. The van der Waals surface area contributed by atoms with Crippen LogP contribution in [-0.4, -0.2) is 11.1 Å². The van der Waals surface area contributed by atoms with Gasteiger partial charge in [0.1, 0.15) is 0 Å². The maximum atomic E-state index is 10.9. The van der Waals surface area contributed by atoms with E-state index in [0.717, 1.165) is 11.4 Å². The monoisotopic (exact) mass is 317 g/mol. The molecule has 0 aliphatic heterocycles. The number of para-hydroxylation sites is 2. The molecule has 3 aromatic carbocycles. The largest absolute Gasteiger partial charge is 0.270 e. The van der Waals surface area contributed by atoms with Crippen LogP contribution < -0.4 is 5.01 Å². The number of nitro groups is 1. The van der Waals surface area contributed by atoms with E-state index in [9.17, 15) is 10.1 Å². The van der Waals surface area contributed by atoms with Crippen molar-refractivity contribution < 1.29 is 4.92 Å². The van der Waals surface area contributed by atoms with Gasteiger partial charge >= 0.3 is 0 Å². The standard InChI is InChI=1S/C19H15N3O2/c23-22(24)19-13-7-8-16(14-19)15-20-21(17-9-3-1-4-10-17)18-11-5-2-6-12-18/h1-15H/b20-15-. The Kier molecular flexibility index (Phi) is 4.62. The van der Waals surface area contributed by atoms with Crippen molar-refractivity contribution in [3.63, 3.8) is 0 Å². The first kappa shape index (κ1) is 15.4. The summed E-state index contributed by atoms with van der Waals surface area (Å²) in [6.45, 7) is 0. The molecule has 0 aromatic heterocycles. The Hall–Kier alpha value is -3.47. The van der Waals surface area contributed by atoms with Crippen LogP contribution in [0.5, 0.6) is 0 Å². The first-order chi connectivity index (χ1) is 11.7. The average molecular weight is 317 g/mol. The number of anilines is 2. The fourth-order valence-electron chi connectivity index (χ4n) is 2.26. The Morgan fingerprint density at radius 1 is 0.833 bits per heavy atom. The summed E-state index contributed by atoms with van der Waals surface area (Å²) in [6.07, 6.45) is 1.62. The maximum absolute atomic E-state index is 10.9. The summed E-state index contributed by atoms with van der Waals surface area (Å²) in [5, 5.41) is 17.2. The molecule has 0 saturated heterocycles. The molecular weight excluding hydrogens is 302 g/mol. The molecule has 0 aliphatic carbocycles. The fourth-order valence-corrected chi connectivity index (χ4v) is 2.26. The summed E-state index contributed by atoms with van der Waals surface area (Å²) in [7, 11) is 0. The summed E-state index contributed by atoms with van der Waals surface area (Å²) >= 11 is 0. The molecule has 0 spiro atoms. The van der Waals surface area contributed by atoms with Crippen molar-refractivity contribution >= 4 is 23.3 Å². The molecule has 5 nitrogen and oxygen atoms in total. The first-order valence-corrected chi connectivity index (χ1v) is 7.43. The second kappa shape index (κ2) is 7.19. The van der Waals surface area contributed by atoms with E-state index in [-0.39, 0.29) is 5.69 Å². The zero-order valence-corrected chi connectivity index (χ0v) is 12.8. The molecule has 0 saturated carbocycles. The lowest BCUT2D eigenvalue weighted by Crippen LogP contribution is -2.09. The molecule has 0 atom stereocenters. The quantitative estimate of drug-likeness (QED) is 0.387. The summed E-state index contributed by atoms with van der Waals surface area (Å²) in [5.74, 6) is 0. The van der Waals surface area contributed by atoms with E-state index in [0.29, 0.717) is 5.56 Å². The lowest BCUT2D eigenvalue weighted by molar-refractivity contribution is -0.384. The van der Waals surface area contributed by atoms with E-state index in [1.165, 1.54) is 12.1 Å². The van der Waals surface area contributed by atoms with E-state index in [1.807, 2.05) is 60.7 Å². The number of benzene rings is 3. The second-order valence-corrected chi connectivity index (χ2v) is 5.08. The molecule has 0 fully saturated rings. The van der Waals surface area contributed by atoms with Gasteiger partial charge in [0.05, 0.1) is 22.5 Å². The molecule has 3 aromatic rings. The molecular formula is C19H15N3O2. The SMILES string of the molecule is O=[N+]([O-])c1cccc(/C=N\N(c2ccccc2)c2ccccc2)c1. The molecule has 0 amide bonds. The minimum Gasteiger partial charge on any atom is -0.258 e. The third kappa shape index (κ3) is 3.64. The average Bonchev–Trinajstić information content (AvgIpc) is 2.64. The van der Waals surface area contributed by atoms with Gasteiger partial charge in [-0.3, -0.25) is 10.1 Å². The van der Waals surface area contributed by atoms with Crippen molar-refractivity contribution in [1.29, 1.82) is 0 Å². The Morgan fingerprint density at radius 2 is 1.42 bits per heavy atom. The zero-order chi connectivity index (χ0) is 16.8. The van der Waals surface area contributed by atoms with Crippen LogP contribution in [0.15, 0.2) is 90.0 Å². The van der Waals surface area contributed by atoms with Gasteiger partial charge in [0.25, 0.3) is 5.69 Å². The zero-order valence-electron chi connectivity index (χ0n) is 12.8. The number of hydrazone groups is 1. The van der Waals surface area contributed by atoms with E-state index in [1.54, 1.807) is 23.4 Å². The lowest BCUT2D eigenvalue weighted by atomic mass is 10.2. The van der Waals surface area contributed by atoms with Crippen LogP contribution >= 0.6 is 0 Å². The molecule has 5 heteroatoms. The van der Waals surface area contributed by atoms with Crippen LogP contribution in [0, 0.1) is 10.1 Å². The van der Waals surface area contributed by atoms with E-state index >= 15 is 0 Å². The Bertz CT molecular complexity index is 809. The van der Waals surface area contributed by atoms with Crippen LogP contribution in [0.3, 0.4) is 0 Å². The van der Waals surface area contributed by atoms with Gasteiger partial charge in [-0.25, -0.2) is 5.01 Å². The normalized spacial score (nSPS) is 10.7. The predicted molar refractivity (Wildman–Crippen MR) is 95.7 cm³/mol. The molecule has 0 N–H and O–H groups in total.